The van der Waals surface area contributed by atoms with Crippen LogP contribution in [-0.4, -0.2) is 62.3 Å². The smallest absolute Gasteiger partial charge is 0.254 e. The fourth-order valence-corrected chi connectivity index (χ4v) is 3.55. The molecule has 0 unspecified atom stereocenters. The number of hydrogen-bond donors (Lipinski definition) is 0. The van der Waals surface area contributed by atoms with Gasteiger partial charge in [-0.1, -0.05) is 5.21 Å². The third-order valence-corrected chi connectivity index (χ3v) is 5.08. The summed E-state index contributed by atoms with van der Waals surface area (Å²) in [5, 5.41) is 8.37. The van der Waals surface area contributed by atoms with Crippen molar-refractivity contribution in [1.29, 1.82) is 0 Å². The van der Waals surface area contributed by atoms with Crippen LogP contribution in [0.15, 0.2) is 30.5 Å². The topological polar surface area (TPSA) is 80.6 Å². The van der Waals surface area contributed by atoms with Crippen molar-refractivity contribution in [3.05, 3.63) is 41.7 Å². The minimum absolute atomic E-state index is 0.00958. The van der Waals surface area contributed by atoms with Gasteiger partial charge in [-0.2, -0.15) is 0 Å². The van der Waals surface area contributed by atoms with Gasteiger partial charge in [0.1, 0.15) is 11.4 Å². The third kappa shape index (κ3) is 3.85. The maximum Gasteiger partial charge on any atom is 0.254 e. The number of likely N-dealkylation sites (tertiary alicyclic amines) is 2. The zero-order valence-electron chi connectivity index (χ0n) is 16.2. The molecule has 0 saturated carbocycles. The Hall–Kier alpha value is -2.90. The van der Waals surface area contributed by atoms with E-state index in [0.717, 1.165) is 24.4 Å². The number of carbonyl (C=O) groups is 2. The van der Waals surface area contributed by atoms with E-state index in [2.05, 4.69) is 10.3 Å². The van der Waals surface area contributed by atoms with E-state index in [0.29, 0.717) is 31.6 Å². The van der Waals surface area contributed by atoms with Gasteiger partial charge in [-0.05, 0) is 44.5 Å². The van der Waals surface area contributed by atoms with Gasteiger partial charge in [0, 0.05) is 31.6 Å². The molecule has 1 aromatic heterocycles. The first-order chi connectivity index (χ1) is 13.5. The van der Waals surface area contributed by atoms with E-state index in [1.807, 2.05) is 37.1 Å². The van der Waals surface area contributed by atoms with Crippen molar-refractivity contribution in [2.75, 3.05) is 19.6 Å². The molecule has 0 bridgehead atoms. The molecule has 4 rings (SSSR count). The third-order valence-electron chi connectivity index (χ3n) is 5.08. The van der Waals surface area contributed by atoms with E-state index >= 15 is 0 Å². The molecule has 1 aromatic carbocycles. The van der Waals surface area contributed by atoms with Crippen molar-refractivity contribution in [3.8, 4) is 5.75 Å². The molecule has 2 aliphatic rings. The van der Waals surface area contributed by atoms with Crippen LogP contribution < -0.4 is 4.74 Å². The molecule has 0 radical (unpaired) electrons. The van der Waals surface area contributed by atoms with Gasteiger partial charge in [-0.3, -0.25) is 9.59 Å². The van der Waals surface area contributed by atoms with Crippen molar-refractivity contribution in [2.45, 2.75) is 45.4 Å². The highest BCUT2D eigenvalue weighted by Gasteiger charge is 2.33. The van der Waals surface area contributed by atoms with Crippen LogP contribution in [0.5, 0.6) is 5.75 Å². The lowest BCUT2D eigenvalue weighted by Gasteiger charge is -2.38. The Morgan fingerprint density at radius 2 is 2.00 bits per heavy atom. The van der Waals surface area contributed by atoms with Crippen LogP contribution in [-0.2, 0) is 11.3 Å². The van der Waals surface area contributed by atoms with Crippen molar-refractivity contribution in [2.24, 2.45) is 0 Å². The second-order valence-corrected chi connectivity index (χ2v) is 7.66. The largest absolute Gasteiger partial charge is 0.491 e. The van der Waals surface area contributed by atoms with E-state index in [-0.39, 0.29) is 24.0 Å². The molecule has 2 saturated heterocycles. The lowest BCUT2D eigenvalue weighted by molar-refractivity contribution is -0.128. The van der Waals surface area contributed by atoms with Crippen molar-refractivity contribution < 1.29 is 14.3 Å². The van der Waals surface area contributed by atoms with Crippen LogP contribution in [0, 0.1) is 0 Å². The van der Waals surface area contributed by atoms with Crippen LogP contribution in [0.3, 0.4) is 0 Å². The maximum atomic E-state index is 12.6. The van der Waals surface area contributed by atoms with Gasteiger partial charge < -0.3 is 14.5 Å². The van der Waals surface area contributed by atoms with Gasteiger partial charge in [-0.15, -0.1) is 5.10 Å². The molecule has 28 heavy (non-hydrogen) atoms. The van der Waals surface area contributed by atoms with E-state index in [9.17, 15) is 9.59 Å². The monoisotopic (exact) mass is 383 g/mol. The second-order valence-electron chi connectivity index (χ2n) is 7.66. The number of rotatable bonds is 6. The minimum Gasteiger partial charge on any atom is -0.491 e. The Labute approximate surface area is 164 Å². The Kier molecular flexibility index (Phi) is 5.02. The maximum absolute atomic E-state index is 12.6. The number of hydrogen-bond acceptors (Lipinski definition) is 5. The lowest BCUT2D eigenvalue weighted by atomic mass is 10.1. The zero-order chi connectivity index (χ0) is 19.7. The first kappa shape index (κ1) is 18.5. The summed E-state index contributed by atoms with van der Waals surface area (Å²) in [5.41, 5.74) is 1.45. The average Bonchev–Trinajstić information content (AvgIpc) is 3.24. The summed E-state index contributed by atoms with van der Waals surface area (Å²) in [7, 11) is 0. The molecule has 8 nitrogen and oxygen atoms in total. The normalized spacial score (nSPS) is 17.3. The number of amides is 2. The van der Waals surface area contributed by atoms with Gasteiger partial charge >= 0.3 is 0 Å². The Morgan fingerprint density at radius 1 is 1.25 bits per heavy atom. The number of benzene rings is 1. The second kappa shape index (κ2) is 7.61. The van der Waals surface area contributed by atoms with E-state index < -0.39 is 0 Å². The Morgan fingerprint density at radius 3 is 2.64 bits per heavy atom. The SMILES string of the molecule is CC(C)Oc1ccc(C(=O)N2CC(n3cc(CN4CCCC4=O)nn3)C2)cc1. The van der Waals surface area contributed by atoms with Crippen molar-refractivity contribution >= 4 is 11.8 Å². The minimum atomic E-state index is 0.00958. The van der Waals surface area contributed by atoms with Crippen molar-refractivity contribution in [3.63, 3.8) is 0 Å². The molecule has 0 spiro atoms. The lowest BCUT2D eigenvalue weighted by Crippen LogP contribution is -2.50. The molecule has 0 aliphatic carbocycles. The first-order valence-electron chi connectivity index (χ1n) is 9.74. The molecule has 0 atom stereocenters. The molecule has 2 aromatic rings. The highest BCUT2D eigenvalue weighted by Crippen LogP contribution is 2.24. The number of aromatic nitrogens is 3. The van der Waals surface area contributed by atoms with E-state index in [1.165, 1.54) is 0 Å². The zero-order valence-corrected chi connectivity index (χ0v) is 16.2. The molecule has 0 N–H and O–H groups in total. The fraction of sp³-hybridized carbons (Fsp3) is 0.500. The summed E-state index contributed by atoms with van der Waals surface area (Å²) in [6, 6.07) is 7.38. The predicted octanol–water partition coefficient (Wildman–Crippen LogP) is 1.88. The van der Waals surface area contributed by atoms with Crippen LogP contribution >= 0.6 is 0 Å². The quantitative estimate of drug-likeness (QED) is 0.761. The van der Waals surface area contributed by atoms with Gasteiger partial charge in [0.05, 0.1) is 24.9 Å². The van der Waals surface area contributed by atoms with Crippen LogP contribution in [0.4, 0.5) is 0 Å². The predicted molar refractivity (Wildman–Crippen MR) is 102 cm³/mol. The summed E-state index contributed by atoms with van der Waals surface area (Å²) in [6.45, 7) is 6.45. The average molecular weight is 383 g/mol. The molecule has 3 heterocycles. The first-order valence-corrected chi connectivity index (χ1v) is 9.74. The van der Waals surface area contributed by atoms with Crippen molar-refractivity contribution in [1.82, 2.24) is 24.8 Å². The fourth-order valence-electron chi connectivity index (χ4n) is 3.55. The molecule has 8 heteroatoms. The van der Waals surface area contributed by atoms with E-state index in [4.69, 9.17) is 4.74 Å². The van der Waals surface area contributed by atoms with Gasteiger partial charge in [-0.25, -0.2) is 4.68 Å². The molecular weight excluding hydrogens is 358 g/mol. The van der Waals surface area contributed by atoms with Gasteiger partial charge in [0.15, 0.2) is 0 Å². The van der Waals surface area contributed by atoms with E-state index in [1.54, 1.807) is 21.7 Å². The number of ether oxygens (including phenoxy) is 1. The summed E-state index contributed by atoms with van der Waals surface area (Å²) < 4.78 is 7.42. The summed E-state index contributed by atoms with van der Waals surface area (Å²) in [4.78, 5) is 28.0. The van der Waals surface area contributed by atoms with Crippen LogP contribution in [0.25, 0.3) is 0 Å². The Bertz CT molecular complexity index is 855. The van der Waals surface area contributed by atoms with Crippen LogP contribution in [0.1, 0.15) is 48.8 Å². The molecule has 2 amide bonds. The molecule has 2 aliphatic heterocycles. The number of carbonyl (C=O) groups excluding carboxylic acids is 2. The summed E-state index contributed by atoms with van der Waals surface area (Å²) in [6.07, 6.45) is 3.53. The summed E-state index contributed by atoms with van der Waals surface area (Å²) >= 11 is 0. The standard InChI is InChI=1S/C20H25N5O3/c1-14(2)28-18-7-5-15(6-8-18)20(27)24-12-17(13-24)25-11-16(21-22-25)10-23-9-3-4-19(23)26/h5-8,11,14,17H,3-4,9-10,12-13H2,1-2H3. The number of nitrogens with zero attached hydrogens (tertiary/aromatic N) is 5. The highest BCUT2D eigenvalue weighted by molar-refractivity contribution is 5.94. The van der Waals surface area contributed by atoms with Crippen LogP contribution in [0.2, 0.25) is 0 Å². The molecule has 148 valence electrons. The Balaban J connectivity index is 1.30. The summed E-state index contributed by atoms with van der Waals surface area (Å²) in [5.74, 6) is 0.954. The van der Waals surface area contributed by atoms with Gasteiger partial charge in [0.25, 0.3) is 5.91 Å². The molecule has 2 fully saturated rings. The highest BCUT2D eigenvalue weighted by atomic mass is 16.5. The van der Waals surface area contributed by atoms with Gasteiger partial charge in [0.2, 0.25) is 5.91 Å². The molecular formula is C20H25N5O3.